The summed E-state index contributed by atoms with van der Waals surface area (Å²) in [6, 6.07) is 0. The Morgan fingerprint density at radius 3 is 2.30 bits per heavy atom. The second-order valence-electron chi connectivity index (χ2n) is 5.56. The van der Waals surface area contributed by atoms with Crippen LogP contribution in [0.2, 0.25) is 0 Å². The van der Waals surface area contributed by atoms with Crippen molar-refractivity contribution in [2.24, 2.45) is 11.3 Å². The van der Waals surface area contributed by atoms with Crippen LogP contribution >= 0.6 is 0 Å². The molecule has 0 saturated heterocycles. The van der Waals surface area contributed by atoms with Gasteiger partial charge < -0.3 is 5.73 Å². The predicted molar refractivity (Wildman–Crippen MR) is 73.8 cm³/mol. The molecule has 6 heteroatoms. The molecule has 1 saturated carbocycles. The summed E-state index contributed by atoms with van der Waals surface area (Å²) in [5.74, 6) is 0.687. The number of halogens is 3. The predicted octanol–water partition coefficient (Wildman–Crippen LogP) is 4.00. The van der Waals surface area contributed by atoms with Gasteiger partial charge in [-0.3, -0.25) is 0 Å². The molecule has 2 N–H and O–H groups in total. The number of hydrogen-bond donors (Lipinski definition) is 1. The third kappa shape index (κ3) is 3.71. The third-order valence-corrected chi connectivity index (χ3v) is 3.43. The molecule has 0 aromatic carbocycles. The van der Waals surface area contributed by atoms with E-state index in [1.54, 1.807) is 12.3 Å². The highest BCUT2D eigenvalue weighted by molar-refractivity contribution is 5.54. The molecule has 1 aromatic rings. The van der Waals surface area contributed by atoms with Crippen molar-refractivity contribution >= 4 is 11.9 Å². The highest BCUT2D eigenvalue weighted by Gasteiger charge is 2.57. The Hall–Kier alpha value is -1.59. The first-order chi connectivity index (χ1) is 9.09. The zero-order valence-corrected chi connectivity index (χ0v) is 12.0. The Bertz CT molecular complexity index is 477. The van der Waals surface area contributed by atoms with Gasteiger partial charge >= 0.3 is 6.18 Å². The lowest BCUT2D eigenvalue weighted by molar-refractivity contribution is -0.254. The van der Waals surface area contributed by atoms with Crippen LogP contribution in [0.1, 0.15) is 38.1 Å². The van der Waals surface area contributed by atoms with Crippen LogP contribution in [0.5, 0.6) is 0 Å². The van der Waals surface area contributed by atoms with Crippen molar-refractivity contribution in [2.75, 3.05) is 5.73 Å². The van der Waals surface area contributed by atoms with E-state index in [-0.39, 0.29) is 5.92 Å². The number of anilines is 1. The highest BCUT2D eigenvalue weighted by Crippen LogP contribution is 2.55. The summed E-state index contributed by atoms with van der Waals surface area (Å²) in [6.07, 6.45) is -0.163. The van der Waals surface area contributed by atoms with Crippen molar-refractivity contribution in [1.29, 1.82) is 0 Å². The number of nitrogen functional groups attached to an aromatic ring is 1. The van der Waals surface area contributed by atoms with Crippen molar-refractivity contribution in [2.45, 2.75) is 39.8 Å². The summed E-state index contributed by atoms with van der Waals surface area (Å²) in [6.45, 7) is 8.56. The molecule has 1 aliphatic carbocycles. The fraction of sp³-hybridized carbons (Fsp3) is 0.571. The number of hydrogen-bond acceptors (Lipinski definition) is 3. The minimum absolute atomic E-state index is 0.256. The highest BCUT2D eigenvalue weighted by atomic mass is 19.4. The summed E-state index contributed by atoms with van der Waals surface area (Å²) in [4.78, 5) is 7.98. The van der Waals surface area contributed by atoms with Gasteiger partial charge in [0.05, 0.1) is 17.3 Å². The lowest BCUT2D eigenvalue weighted by Crippen LogP contribution is -2.45. The van der Waals surface area contributed by atoms with Crippen LogP contribution < -0.4 is 5.73 Å². The molecule has 0 amide bonds. The molecular weight excluding hydrogens is 267 g/mol. The molecule has 1 heterocycles. The Morgan fingerprint density at radius 2 is 2.00 bits per heavy atom. The Morgan fingerprint density at radius 1 is 1.45 bits per heavy atom. The standard InChI is InChI=1S/C7H11F3.C7H9N3/c1-5-3-6(2,4-5)7(8,9)10;1-3-6-7(8)9-4-5(2)10-6/h5H,3-4H2,1-2H3;3-4H,1H2,2H3,(H2,8,9). The minimum atomic E-state index is -3.99. The van der Waals surface area contributed by atoms with Crippen LogP contribution in [0.15, 0.2) is 12.8 Å². The van der Waals surface area contributed by atoms with Crippen LogP contribution in [-0.2, 0) is 0 Å². The maximum absolute atomic E-state index is 12.1. The summed E-state index contributed by atoms with van der Waals surface area (Å²) in [7, 11) is 0. The quantitative estimate of drug-likeness (QED) is 0.849. The van der Waals surface area contributed by atoms with E-state index < -0.39 is 11.6 Å². The van der Waals surface area contributed by atoms with Gasteiger partial charge in [-0.05, 0) is 31.8 Å². The lowest BCUT2D eigenvalue weighted by Gasteiger charge is -2.44. The van der Waals surface area contributed by atoms with Crippen molar-refractivity contribution in [3.8, 4) is 0 Å². The molecule has 0 radical (unpaired) electrons. The second-order valence-corrected chi connectivity index (χ2v) is 5.56. The van der Waals surface area contributed by atoms with E-state index in [4.69, 9.17) is 5.73 Å². The minimum Gasteiger partial charge on any atom is -0.382 e. The average Bonchev–Trinajstić information content (AvgIpc) is 2.30. The number of aryl methyl sites for hydroxylation is 1. The average molecular weight is 287 g/mol. The zero-order valence-electron chi connectivity index (χ0n) is 12.0. The van der Waals surface area contributed by atoms with Crippen molar-refractivity contribution in [1.82, 2.24) is 9.97 Å². The first-order valence-corrected chi connectivity index (χ1v) is 6.37. The third-order valence-electron chi connectivity index (χ3n) is 3.43. The van der Waals surface area contributed by atoms with Crippen LogP contribution in [0.4, 0.5) is 19.0 Å². The number of aromatic nitrogens is 2. The molecule has 0 spiro atoms. The van der Waals surface area contributed by atoms with E-state index in [2.05, 4.69) is 16.5 Å². The maximum atomic E-state index is 12.1. The molecule has 0 atom stereocenters. The van der Waals surface area contributed by atoms with Gasteiger partial charge in [-0.1, -0.05) is 20.4 Å². The van der Waals surface area contributed by atoms with Gasteiger partial charge in [-0.15, -0.1) is 0 Å². The van der Waals surface area contributed by atoms with E-state index >= 15 is 0 Å². The Labute approximate surface area is 117 Å². The Balaban J connectivity index is 0.000000200. The molecule has 0 aliphatic heterocycles. The number of alkyl halides is 3. The largest absolute Gasteiger partial charge is 0.394 e. The molecular formula is C14H20F3N3. The van der Waals surface area contributed by atoms with E-state index in [1.807, 2.05) is 13.8 Å². The van der Waals surface area contributed by atoms with E-state index in [0.717, 1.165) is 5.69 Å². The maximum Gasteiger partial charge on any atom is 0.394 e. The van der Waals surface area contributed by atoms with Crippen LogP contribution in [0, 0.1) is 18.3 Å². The SMILES string of the molecule is C=Cc1nc(C)cnc1N.CC1CC(C)(C(F)(F)F)C1. The summed E-state index contributed by atoms with van der Waals surface area (Å²) in [5.41, 5.74) is 5.59. The number of rotatable bonds is 1. The summed E-state index contributed by atoms with van der Waals surface area (Å²) in [5, 5.41) is 0. The van der Waals surface area contributed by atoms with E-state index in [0.29, 0.717) is 24.4 Å². The van der Waals surface area contributed by atoms with Gasteiger partial charge in [-0.25, -0.2) is 9.97 Å². The fourth-order valence-corrected chi connectivity index (χ4v) is 2.37. The molecule has 1 aromatic heterocycles. The monoisotopic (exact) mass is 287 g/mol. The first-order valence-electron chi connectivity index (χ1n) is 6.37. The second kappa shape index (κ2) is 5.81. The van der Waals surface area contributed by atoms with Crippen LogP contribution in [0.25, 0.3) is 6.08 Å². The fourth-order valence-electron chi connectivity index (χ4n) is 2.37. The van der Waals surface area contributed by atoms with Crippen molar-refractivity contribution in [3.63, 3.8) is 0 Å². The van der Waals surface area contributed by atoms with Crippen LogP contribution in [-0.4, -0.2) is 16.1 Å². The molecule has 1 aliphatic rings. The topological polar surface area (TPSA) is 51.8 Å². The number of nitrogens with two attached hydrogens (primary N) is 1. The van der Waals surface area contributed by atoms with Gasteiger partial charge in [0.15, 0.2) is 0 Å². The molecule has 20 heavy (non-hydrogen) atoms. The van der Waals surface area contributed by atoms with Gasteiger partial charge in [0.2, 0.25) is 0 Å². The molecule has 2 rings (SSSR count). The van der Waals surface area contributed by atoms with Crippen molar-refractivity contribution < 1.29 is 13.2 Å². The summed E-state index contributed by atoms with van der Waals surface area (Å²) >= 11 is 0. The number of nitrogens with zero attached hydrogens (tertiary/aromatic N) is 2. The smallest absolute Gasteiger partial charge is 0.382 e. The van der Waals surface area contributed by atoms with Gasteiger partial charge in [0.1, 0.15) is 11.5 Å². The Kier molecular flexibility index (Phi) is 4.78. The summed E-state index contributed by atoms with van der Waals surface area (Å²) < 4.78 is 36.2. The zero-order chi connectivity index (χ0) is 15.6. The molecule has 112 valence electrons. The molecule has 1 fully saturated rings. The van der Waals surface area contributed by atoms with Gasteiger partial charge in [0, 0.05) is 0 Å². The van der Waals surface area contributed by atoms with E-state index in [1.165, 1.54) is 6.92 Å². The van der Waals surface area contributed by atoms with Crippen LogP contribution in [0.3, 0.4) is 0 Å². The molecule has 3 nitrogen and oxygen atoms in total. The molecule has 0 bridgehead atoms. The van der Waals surface area contributed by atoms with Crippen molar-refractivity contribution in [3.05, 3.63) is 24.2 Å². The lowest BCUT2D eigenvalue weighted by atomic mass is 9.63. The van der Waals surface area contributed by atoms with E-state index in [9.17, 15) is 13.2 Å². The normalized spacial score (nSPS) is 25.2. The van der Waals surface area contributed by atoms with Gasteiger partial charge in [0.25, 0.3) is 0 Å². The molecule has 0 unspecified atom stereocenters. The van der Waals surface area contributed by atoms with Gasteiger partial charge in [-0.2, -0.15) is 13.2 Å². The first kappa shape index (κ1) is 16.5.